The molecule has 0 spiro atoms. The number of carbonyl (C=O) groups is 1. The summed E-state index contributed by atoms with van der Waals surface area (Å²) >= 11 is 1.68. The highest BCUT2D eigenvalue weighted by Crippen LogP contribution is 2.17. The molecule has 0 aliphatic carbocycles. The largest absolute Gasteiger partial charge is 0.368 e. The molecule has 1 amide bonds. The Morgan fingerprint density at radius 1 is 1.65 bits per heavy atom. The molecule has 0 aliphatic heterocycles. The first-order chi connectivity index (χ1) is 7.99. The van der Waals surface area contributed by atoms with E-state index in [4.69, 9.17) is 5.73 Å². The smallest absolute Gasteiger partial charge is 0.234 e. The number of carbonyl (C=O) groups excluding carboxylic acids is 1. The van der Waals surface area contributed by atoms with Crippen LogP contribution >= 0.6 is 11.8 Å². The quantitative estimate of drug-likeness (QED) is 0.706. The van der Waals surface area contributed by atoms with Gasteiger partial charge < -0.3 is 11.1 Å². The third kappa shape index (κ3) is 5.23. The molecule has 0 saturated heterocycles. The summed E-state index contributed by atoms with van der Waals surface area (Å²) in [4.78, 5) is 12.3. The summed E-state index contributed by atoms with van der Waals surface area (Å²) in [5, 5.41) is 7.25. The van der Waals surface area contributed by atoms with Gasteiger partial charge in [0.1, 0.15) is 0 Å². The summed E-state index contributed by atoms with van der Waals surface area (Å²) in [6.07, 6.45) is 4.51. The molecule has 0 aliphatic rings. The summed E-state index contributed by atoms with van der Waals surface area (Å²) in [6.45, 7) is 4.01. The van der Waals surface area contributed by atoms with Crippen molar-refractivity contribution < 1.29 is 4.79 Å². The van der Waals surface area contributed by atoms with Crippen molar-refractivity contribution in [3.63, 3.8) is 0 Å². The van der Waals surface area contributed by atoms with Gasteiger partial charge in [-0.15, -0.1) is 11.8 Å². The van der Waals surface area contributed by atoms with Crippen LogP contribution in [0.5, 0.6) is 0 Å². The number of nitrogens with zero attached hydrogens (tertiary/aromatic N) is 2. The van der Waals surface area contributed by atoms with E-state index in [0.717, 1.165) is 17.1 Å². The summed E-state index contributed by atoms with van der Waals surface area (Å²) in [7, 11) is 1.89. The van der Waals surface area contributed by atoms with Crippen LogP contribution in [-0.4, -0.2) is 33.5 Å². The maximum absolute atomic E-state index is 11.2. The van der Waals surface area contributed by atoms with Crippen molar-refractivity contribution in [2.75, 3.05) is 5.75 Å². The molecule has 1 heterocycles. The SMILES string of the molecule is CC(C)NC(CCSc1cnn(C)c1)C(N)=O. The van der Waals surface area contributed by atoms with Gasteiger partial charge in [-0.1, -0.05) is 13.8 Å². The maximum Gasteiger partial charge on any atom is 0.234 e. The second-order valence-corrected chi connectivity index (χ2v) is 5.43. The van der Waals surface area contributed by atoms with Gasteiger partial charge in [0.15, 0.2) is 0 Å². The third-order valence-electron chi connectivity index (χ3n) is 2.23. The number of aromatic nitrogens is 2. The van der Waals surface area contributed by atoms with Gasteiger partial charge in [0.25, 0.3) is 0 Å². The molecule has 1 atom stereocenters. The molecule has 1 unspecified atom stereocenters. The van der Waals surface area contributed by atoms with Gasteiger partial charge in [-0.2, -0.15) is 5.10 Å². The minimum Gasteiger partial charge on any atom is -0.368 e. The number of hydrogen-bond donors (Lipinski definition) is 2. The van der Waals surface area contributed by atoms with Crippen molar-refractivity contribution in [3.8, 4) is 0 Å². The van der Waals surface area contributed by atoms with Crippen molar-refractivity contribution in [1.82, 2.24) is 15.1 Å². The average molecular weight is 256 g/mol. The number of amides is 1. The van der Waals surface area contributed by atoms with Crippen LogP contribution in [0.1, 0.15) is 20.3 Å². The number of nitrogens with one attached hydrogen (secondary N) is 1. The van der Waals surface area contributed by atoms with Crippen molar-refractivity contribution in [2.45, 2.75) is 37.2 Å². The molecule has 0 fully saturated rings. The van der Waals surface area contributed by atoms with Crippen LogP contribution in [0.2, 0.25) is 0 Å². The van der Waals surface area contributed by atoms with Crippen molar-refractivity contribution >= 4 is 17.7 Å². The lowest BCUT2D eigenvalue weighted by Gasteiger charge is -2.17. The number of primary amides is 1. The predicted octanol–water partition coefficient (Wildman–Crippen LogP) is 0.754. The Morgan fingerprint density at radius 3 is 2.82 bits per heavy atom. The van der Waals surface area contributed by atoms with Crippen LogP contribution in [0.15, 0.2) is 17.3 Å². The minimum absolute atomic E-state index is 0.251. The molecule has 1 aromatic heterocycles. The highest BCUT2D eigenvalue weighted by Gasteiger charge is 2.15. The van der Waals surface area contributed by atoms with Crippen molar-refractivity contribution in [2.24, 2.45) is 12.8 Å². The van der Waals surface area contributed by atoms with Gasteiger partial charge in [-0.05, 0) is 6.42 Å². The normalized spacial score (nSPS) is 12.9. The number of aryl methyl sites for hydroxylation is 1. The van der Waals surface area contributed by atoms with Gasteiger partial charge in [-0.3, -0.25) is 9.48 Å². The van der Waals surface area contributed by atoms with Crippen LogP contribution in [0, 0.1) is 0 Å². The fourth-order valence-corrected chi connectivity index (χ4v) is 2.42. The number of nitrogens with two attached hydrogens (primary N) is 1. The highest BCUT2D eigenvalue weighted by molar-refractivity contribution is 7.99. The van der Waals surface area contributed by atoms with Gasteiger partial charge in [0, 0.05) is 29.9 Å². The molecule has 0 radical (unpaired) electrons. The van der Waals surface area contributed by atoms with Gasteiger partial charge in [0.05, 0.1) is 12.2 Å². The van der Waals surface area contributed by atoms with E-state index in [0.29, 0.717) is 0 Å². The van der Waals surface area contributed by atoms with Crippen molar-refractivity contribution in [1.29, 1.82) is 0 Å². The lowest BCUT2D eigenvalue weighted by molar-refractivity contribution is -0.120. The minimum atomic E-state index is -0.287. The van der Waals surface area contributed by atoms with E-state index in [1.165, 1.54) is 0 Å². The van der Waals surface area contributed by atoms with E-state index in [1.54, 1.807) is 16.4 Å². The monoisotopic (exact) mass is 256 g/mol. The Kier molecular flexibility index (Phi) is 5.50. The molecular weight excluding hydrogens is 236 g/mol. The second-order valence-electron chi connectivity index (χ2n) is 4.26. The average Bonchev–Trinajstić information content (AvgIpc) is 2.62. The van der Waals surface area contributed by atoms with Crippen LogP contribution in [0.3, 0.4) is 0 Å². The Hall–Kier alpha value is -1.01. The Labute approximate surface area is 106 Å². The van der Waals surface area contributed by atoms with E-state index >= 15 is 0 Å². The van der Waals surface area contributed by atoms with Gasteiger partial charge in [0.2, 0.25) is 5.91 Å². The second kappa shape index (κ2) is 6.66. The molecule has 3 N–H and O–H groups in total. The zero-order valence-electron chi connectivity index (χ0n) is 10.5. The summed E-state index contributed by atoms with van der Waals surface area (Å²) in [6, 6.07) is 0.00932. The lowest BCUT2D eigenvalue weighted by atomic mass is 10.2. The van der Waals surface area contributed by atoms with E-state index in [9.17, 15) is 4.79 Å². The predicted molar refractivity (Wildman–Crippen MR) is 69.8 cm³/mol. The summed E-state index contributed by atoms with van der Waals surface area (Å²) in [5.74, 6) is 0.560. The Balaban J connectivity index is 2.34. The van der Waals surface area contributed by atoms with E-state index in [2.05, 4.69) is 10.4 Å². The molecule has 96 valence electrons. The molecule has 1 aromatic rings. The summed E-state index contributed by atoms with van der Waals surface area (Å²) in [5.41, 5.74) is 5.34. The van der Waals surface area contributed by atoms with Gasteiger partial charge in [-0.25, -0.2) is 0 Å². The molecule has 17 heavy (non-hydrogen) atoms. The van der Waals surface area contributed by atoms with Crippen molar-refractivity contribution in [3.05, 3.63) is 12.4 Å². The highest BCUT2D eigenvalue weighted by atomic mass is 32.2. The standard InChI is InChI=1S/C11H20N4OS/c1-8(2)14-10(11(12)16)4-5-17-9-6-13-15(3)7-9/h6-8,10,14H,4-5H2,1-3H3,(H2,12,16). The molecule has 0 saturated carbocycles. The molecule has 0 bridgehead atoms. The first-order valence-corrected chi connectivity index (χ1v) is 6.64. The third-order valence-corrected chi connectivity index (χ3v) is 3.22. The first-order valence-electron chi connectivity index (χ1n) is 5.66. The molecule has 0 aromatic carbocycles. The number of thioether (sulfide) groups is 1. The Morgan fingerprint density at radius 2 is 2.35 bits per heavy atom. The molecular formula is C11H20N4OS. The van der Waals surface area contributed by atoms with Crippen LogP contribution in [-0.2, 0) is 11.8 Å². The van der Waals surface area contributed by atoms with Crippen LogP contribution in [0.25, 0.3) is 0 Å². The van der Waals surface area contributed by atoms with Gasteiger partial charge >= 0.3 is 0 Å². The molecule has 1 rings (SSSR count). The van der Waals surface area contributed by atoms with E-state index in [-0.39, 0.29) is 18.0 Å². The zero-order chi connectivity index (χ0) is 12.8. The lowest BCUT2D eigenvalue weighted by Crippen LogP contribution is -2.44. The fourth-order valence-electron chi connectivity index (χ4n) is 1.48. The van der Waals surface area contributed by atoms with E-state index in [1.807, 2.05) is 33.3 Å². The maximum atomic E-state index is 11.2. The fraction of sp³-hybridized carbons (Fsp3) is 0.636. The van der Waals surface area contributed by atoms with E-state index < -0.39 is 0 Å². The zero-order valence-corrected chi connectivity index (χ0v) is 11.3. The number of rotatable bonds is 7. The van der Waals surface area contributed by atoms with Crippen LogP contribution in [0.4, 0.5) is 0 Å². The molecule has 6 heteroatoms. The number of hydrogen-bond acceptors (Lipinski definition) is 4. The van der Waals surface area contributed by atoms with Crippen LogP contribution < -0.4 is 11.1 Å². The first kappa shape index (κ1) is 14.1. The summed E-state index contributed by atoms with van der Waals surface area (Å²) < 4.78 is 1.76. The molecule has 5 nitrogen and oxygen atoms in total. The topological polar surface area (TPSA) is 72.9 Å². The Bertz CT molecular complexity index is 364.